The van der Waals surface area contributed by atoms with E-state index in [0.29, 0.717) is 10.6 Å². The molecule has 0 amide bonds. The summed E-state index contributed by atoms with van der Waals surface area (Å²) in [6, 6.07) is 3.80. The van der Waals surface area contributed by atoms with Crippen LogP contribution in [0.2, 0.25) is 0 Å². The van der Waals surface area contributed by atoms with E-state index in [1.54, 1.807) is 6.07 Å². The molecule has 0 saturated heterocycles. The first-order valence-corrected chi connectivity index (χ1v) is 5.69. The summed E-state index contributed by atoms with van der Waals surface area (Å²) in [6.07, 6.45) is -0.263. The predicted octanol–water partition coefficient (Wildman–Crippen LogP) is 3.23. The lowest BCUT2D eigenvalue weighted by Gasteiger charge is -2.11. The minimum atomic E-state index is -4.43. The molecule has 0 bridgehead atoms. The molecule has 0 unspecified atom stereocenters. The van der Waals surface area contributed by atoms with Gasteiger partial charge >= 0.3 is 6.18 Å². The molecule has 0 fully saturated rings. The highest BCUT2D eigenvalue weighted by Crippen LogP contribution is 2.39. The van der Waals surface area contributed by atoms with Gasteiger partial charge in [-0.15, -0.1) is 0 Å². The first-order chi connectivity index (χ1) is 8.48. The number of hydrogen-bond acceptors (Lipinski definition) is 4. The third kappa shape index (κ3) is 2.73. The van der Waals surface area contributed by atoms with Crippen molar-refractivity contribution in [2.24, 2.45) is 0 Å². The number of hydrogen-bond donors (Lipinski definition) is 1. The lowest BCUT2D eigenvalue weighted by atomic mass is 10.3. The van der Waals surface area contributed by atoms with Crippen molar-refractivity contribution in [1.82, 2.24) is 9.97 Å². The molecule has 2 N–H and O–H groups in total. The summed E-state index contributed by atoms with van der Waals surface area (Å²) < 4.78 is 38.3. The maximum Gasteiger partial charge on any atom is 0.419 e. The Morgan fingerprint density at radius 1 is 1.17 bits per heavy atom. The zero-order chi connectivity index (χ0) is 13.2. The van der Waals surface area contributed by atoms with Gasteiger partial charge in [0.2, 0.25) is 0 Å². The van der Waals surface area contributed by atoms with Gasteiger partial charge in [-0.2, -0.15) is 13.2 Å². The number of rotatable bonds is 2. The molecule has 2 heterocycles. The SMILES string of the molecule is Nc1cnccc1Sc1ncccc1C(F)(F)F. The van der Waals surface area contributed by atoms with Crippen LogP contribution in [0.15, 0.2) is 46.7 Å². The molecule has 0 saturated carbocycles. The molecule has 0 spiro atoms. The fourth-order valence-corrected chi connectivity index (χ4v) is 2.19. The Labute approximate surface area is 105 Å². The number of halogens is 3. The molecule has 2 rings (SSSR count). The van der Waals surface area contributed by atoms with Crippen LogP contribution in [0.25, 0.3) is 0 Å². The van der Waals surface area contributed by atoms with Crippen LogP contribution in [0, 0.1) is 0 Å². The molecule has 0 aliphatic heterocycles. The van der Waals surface area contributed by atoms with Gasteiger partial charge in [0.25, 0.3) is 0 Å². The minimum Gasteiger partial charge on any atom is -0.397 e. The molecule has 3 nitrogen and oxygen atoms in total. The molecule has 0 aromatic carbocycles. The Morgan fingerprint density at radius 3 is 2.61 bits per heavy atom. The normalized spacial score (nSPS) is 11.5. The number of nitrogens with zero attached hydrogens (tertiary/aromatic N) is 2. The number of aromatic nitrogens is 2. The first kappa shape index (κ1) is 12.7. The zero-order valence-corrected chi connectivity index (χ0v) is 9.79. The maximum atomic E-state index is 12.8. The molecule has 0 aliphatic rings. The second-order valence-electron chi connectivity index (χ2n) is 3.37. The van der Waals surface area contributed by atoms with Gasteiger partial charge in [0.15, 0.2) is 0 Å². The molecule has 2 aromatic heterocycles. The number of nitrogen functional groups attached to an aromatic ring is 1. The average Bonchev–Trinajstić information content (AvgIpc) is 2.31. The van der Waals surface area contributed by atoms with Crippen molar-refractivity contribution < 1.29 is 13.2 Å². The van der Waals surface area contributed by atoms with Crippen LogP contribution in [0.5, 0.6) is 0 Å². The van der Waals surface area contributed by atoms with Gasteiger partial charge < -0.3 is 5.73 Å². The van der Waals surface area contributed by atoms with Gasteiger partial charge in [-0.3, -0.25) is 4.98 Å². The van der Waals surface area contributed by atoms with Gasteiger partial charge in [-0.05, 0) is 18.2 Å². The van der Waals surface area contributed by atoms with E-state index in [0.717, 1.165) is 17.8 Å². The van der Waals surface area contributed by atoms with Crippen molar-refractivity contribution in [3.05, 3.63) is 42.4 Å². The van der Waals surface area contributed by atoms with Gasteiger partial charge in [0, 0.05) is 17.3 Å². The first-order valence-electron chi connectivity index (χ1n) is 4.88. The molecule has 0 radical (unpaired) electrons. The maximum absolute atomic E-state index is 12.8. The highest BCUT2D eigenvalue weighted by atomic mass is 32.2. The predicted molar refractivity (Wildman–Crippen MR) is 62.0 cm³/mol. The molecule has 0 atom stereocenters. The van der Waals surface area contributed by atoms with Gasteiger partial charge in [-0.25, -0.2) is 4.98 Å². The summed E-state index contributed by atoms with van der Waals surface area (Å²) in [4.78, 5) is 8.02. The van der Waals surface area contributed by atoms with Crippen LogP contribution >= 0.6 is 11.8 Å². The number of anilines is 1. The second kappa shape index (κ2) is 4.85. The second-order valence-corrected chi connectivity index (χ2v) is 4.40. The topological polar surface area (TPSA) is 51.8 Å². The Hall–Kier alpha value is -1.76. The van der Waals surface area contributed by atoms with Crippen LogP contribution in [0.3, 0.4) is 0 Å². The lowest BCUT2D eigenvalue weighted by molar-refractivity contribution is -0.140. The molecule has 94 valence electrons. The summed E-state index contributed by atoms with van der Waals surface area (Å²) in [6.45, 7) is 0. The fourth-order valence-electron chi connectivity index (χ4n) is 1.28. The molecular weight excluding hydrogens is 263 g/mol. The van der Waals surface area contributed by atoms with Gasteiger partial charge in [-0.1, -0.05) is 11.8 Å². The van der Waals surface area contributed by atoms with Crippen molar-refractivity contribution in [1.29, 1.82) is 0 Å². The van der Waals surface area contributed by atoms with E-state index in [-0.39, 0.29) is 5.03 Å². The van der Waals surface area contributed by atoms with E-state index in [4.69, 9.17) is 5.73 Å². The monoisotopic (exact) mass is 271 g/mol. The van der Waals surface area contributed by atoms with E-state index in [9.17, 15) is 13.2 Å². The molecule has 18 heavy (non-hydrogen) atoms. The van der Waals surface area contributed by atoms with Crippen molar-refractivity contribution in [3.8, 4) is 0 Å². The third-order valence-corrected chi connectivity index (χ3v) is 3.20. The van der Waals surface area contributed by atoms with Crippen LogP contribution < -0.4 is 5.73 Å². The van der Waals surface area contributed by atoms with Crippen molar-refractivity contribution in [2.75, 3.05) is 5.73 Å². The van der Waals surface area contributed by atoms with Gasteiger partial charge in [0.05, 0.1) is 17.4 Å². The number of nitrogens with two attached hydrogens (primary N) is 1. The standard InChI is InChI=1S/C11H8F3N3S/c12-11(13,14)7-2-1-4-17-10(7)18-9-3-5-16-6-8(9)15/h1-6H,15H2. The average molecular weight is 271 g/mol. The molecular formula is C11H8F3N3S. The summed E-state index contributed by atoms with van der Waals surface area (Å²) in [5.41, 5.74) is 5.18. The smallest absolute Gasteiger partial charge is 0.397 e. The van der Waals surface area contributed by atoms with E-state index in [2.05, 4.69) is 9.97 Å². The number of alkyl halides is 3. The highest BCUT2D eigenvalue weighted by molar-refractivity contribution is 7.99. The van der Waals surface area contributed by atoms with E-state index >= 15 is 0 Å². The number of pyridine rings is 2. The van der Waals surface area contributed by atoms with Crippen molar-refractivity contribution >= 4 is 17.4 Å². The van der Waals surface area contributed by atoms with Crippen molar-refractivity contribution in [2.45, 2.75) is 16.1 Å². The van der Waals surface area contributed by atoms with E-state index < -0.39 is 11.7 Å². The Balaban J connectivity index is 2.39. The molecule has 7 heteroatoms. The lowest BCUT2D eigenvalue weighted by Crippen LogP contribution is -2.07. The largest absolute Gasteiger partial charge is 0.419 e. The summed E-state index contributed by atoms with van der Waals surface area (Å²) in [5, 5.41) is -0.122. The Bertz CT molecular complexity index is 557. The van der Waals surface area contributed by atoms with E-state index in [1.165, 1.54) is 24.7 Å². The highest BCUT2D eigenvalue weighted by Gasteiger charge is 2.34. The third-order valence-electron chi connectivity index (χ3n) is 2.09. The fraction of sp³-hybridized carbons (Fsp3) is 0.0909. The van der Waals surface area contributed by atoms with E-state index in [1.807, 2.05) is 0 Å². The van der Waals surface area contributed by atoms with Crippen LogP contribution in [-0.2, 0) is 6.18 Å². The minimum absolute atomic E-state index is 0.122. The Kier molecular flexibility index (Phi) is 3.42. The summed E-state index contributed by atoms with van der Waals surface area (Å²) in [7, 11) is 0. The van der Waals surface area contributed by atoms with Crippen molar-refractivity contribution in [3.63, 3.8) is 0 Å². The van der Waals surface area contributed by atoms with Crippen LogP contribution in [-0.4, -0.2) is 9.97 Å². The van der Waals surface area contributed by atoms with Crippen LogP contribution in [0.1, 0.15) is 5.56 Å². The quantitative estimate of drug-likeness (QED) is 0.911. The van der Waals surface area contributed by atoms with Gasteiger partial charge in [0.1, 0.15) is 5.03 Å². The summed E-state index contributed by atoms with van der Waals surface area (Å²) in [5.74, 6) is 0. The summed E-state index contributed by atoms with van der Waals surface area (Å²) >= 11 is 0.872. The molecule has 2 aromatic rings. The molecule has 0 aliphatic carbocycles. The Morgan fingerprint density at radius 2 is 1.94 bits per heavy atom. The van der Waals surface area contributed by atoms with Crippen LogP contribution in [0.4, 0.5) is 18.9 Å². The zero-order valence-electron chi connectivity index (χ0n) is 8.98.